The molecule has 0 saturated heterocycles. The Labute approximate surface area is 180 Å². The molecule has 1 aliphatic heterocycles. The molecular formula is C28H19NO2. The van der Waals surface area contributed by atoms with Crippen LogP contribution in [0.4, 0.5) is 11.4 Å². The number of hydrogen-bond acceptors (Lipinski definition) is 3. The van der Waals surface area contributed by atoms with Crippen molar-refractivity contribution in [3.63, 3.8) is 0 Å². The lowest BCUT2D eigenvalue weighted by Gasteiger charge is -2.23. The van der Waals surface area contributed by atoms with Crippen LogP contribution in [0.25, 0.3) is 21.9 Å². The first-order valence-electron chi connectivity index (χ1n) is 10.3. The number of anilines is 2. The van der Waals surface area contributed by atoms with Crippen LogP contribution in [0.3, 0.4) is 0 Å². The summed E-state index contributed by atoms with van der Waals surface area (Å²) in [6, 6.07) is 36.9. The van der Waals surface area contributed by atoms with Crippen LogP contribution in [0.1, 0.15) is 0 Å². The third kappa shape index (κ3) is 3.26. The van der Waals surface area contributed by atoms with Crippen LogP contribution in [0.5, 0.6) is 23.0 Å². The van der Waals surface area contributed by atoms with E-state index in [9.17, 15) is 0 Å². The average molecular weight is 401 g/mol. The highest BCUT2D eigenvalue weighted by molar-refractivity contribution is 5.87. The van der Waals surface area contributed by atoms with Gasteiger partial charge in [-0.05, 0) is 58.3 Å². The molecule has 31 heavy (non-hydrogen) atoms. The second-order valence-corrected chi connectivity index (χ2v) is 7.55. The number of para-hydroxylation sites is 1. The molecule has 0 bridgehead atoms. The summed E-state index contributed by atoms with van der Waals surface area (Å²) >= 11 is 0. The van der Waals surface area contributed by atoms with Crippen molar-refractivity contribution < 1.29 is 9.47 Å². The maximum atomic E-state index is 6.29. The van der Waals surface area contributed by atoms with E-state index in [0.717, 1.165) is 33.6 Å². The molecule has 148 valence electrons. The van der Waals surface area contributed by atoms with E-state index in [4.69, 9.17) is 9.47 Å². The molecule has 5 aromatic carbocycles. The maximum Gasteiger partial charge on any atom is 0.193 e. The van der Waals surface area contributed by atoms with E-state index in [-0.39, 0.29) is 0 Å². The number of benzene rings is 5. The van der Waals surface area contributed by atoms with Crippen molar-refractivity contribution in [3.8, 4) is 34.1 Å². The van der Waals surface area contributed by atoms with Gasteiger partial charge in [0, 0.05) is 5.69 Å². The molecule has 1 aliphatic rings. The minimum Gasteiger partial charge on any atom is -0.449 e. The SMILES string of the molecule is c1ccc(-c2ccc(Nc3cccc4c3Oc3cc5ccccc5cc3O4)cc2)cc1. The van der Waals surface area contributed by atoms with Gasteiger partial charge in [0.25, 0.3) is 0 Å². The Morgan fingerprint density at radius 3 is 1.87 bits per heavy atom. The molecule has 1 N–H and O–H groups in total. The second kappa shape index (κ2) is 7.22. The highest BCUT2D eigenvalue weighted by atomic mass is 16.6. The zero-order valence-electron chi connectivity index (χ0n) is 16.7. The van der Waals surface area contributed by atoms with Crippen molar-refractivity contribution in [2.45, 2.75) is 0 Å². The molecule has 0 aliphatic carbocycles. The number of rotatable bonds is 3. The summed E-state index contributed by atoms with van der Waals surface area (Å²) in [7, 11) is 0. The van der Waals surface area contributed by atoms with E-state index in [1.807, 2.05) is 48.5 Å². The van der Waals surface area contributed by atoms with Gasteiger partial charge in [-0.25, -0.2) is 0 Å². The summed E-state index contributed by atoms with van der Waals surface area (Å²) in [6.45, 7) is 0. The van der Waals surface area contributed by atoms with Crippen LogP contribution < -0.4 is 14.8 Å². The first-order valence-corrected chi connectivity index (χ1v) is 10.3. The zero-order chi connectivity index (χ0) is 20.6. The molecule has 0 fully saturated rings. The Morgan fingerprint density at radius 1 is 0.484 bits per heavy atom. The van der Waals surface area contributed by atoms with Crippen molar-refractivity contribution >= 4 is 22.1 Å². The summed E-state index contributed by atoms with van der Waals surface area (Å²) in [5.74, 6) is 2.85. The van der Waals surface area contributed by atoms with Crippen LogP contribution in [0, 0.1) is 0 Å². The fraction of sp³-hybridized carbons (Fsp3) is 0. The Kier molecular flexibility index (Phi) is 4.10. The van der Waals surface area contributed by atoms with Crippen molar-refractivity contribution in [1.29, 1.82) is 0 Å². The molecule has 0 spiro atoms. The van der Waals surface area contributed by atoms with Gasteiger partial charge in [0.15, 0.2) is 23.0 Å². The van der Waals surface area contributed by atoms with E-state index >= 15 is 0 Å². The van der Waals surface area contributed by atoms with Crippen LogP contribution in [0.15, 0.2) is 109 Å². The van der Waals surface area contributed by atoms with Crippen LogP contribution >= 0.6 is 0 Å². The lowest BCUT2D eigenvalue weighted by atomic mass is 10.1. The van der Waals surface area contributed by atoms with Gasteiger partial charge in [0.1, 0.15) is 0 Å². The largest absolute Gasteiger partial charge is 0.449 e. The third-order valence-corrected chi connectivity index (χ3v) is 5.49. The molecular weight excluding hydrogens is 382 g/mol. The van der Waals surface area contributed by atoms with Crippen LogP contribution in [-0.4, -0.2) is 0 Å². The predicted molar refractivity (Wildman–Crippen MR) is 126 cm³/mol. The highest BCUT2D eigenvalue weighted by Crippen LogP contribution is 2.50. The molecule has 5 aromatic rings. The first-order chi connectivity index (χ1) is 15.3. The number of nitrogens with one attached hydrogen (secondary N) is 1. The van der Waals surface area contributed by atoms with Gasteiger partial charge in [-0.2, -0.15) is 0 Å². The molecule has 6 rings (SSSR count). The van der Waals surface area contributed by atoms with E-state index in [1.54, 1.807) is 0 Å². The summed E-state index contributed by atoms with van der Waals surface area (Å²) in [6.07, 6.45) is 0. The molecule has 0 saturated carbocycles. The van der Waals surface area contributed by atoms with Gasteiger partial charge in [-0.3, -0.25) is 0 Å². The Balaban J connectivity index is 1.31. The van der Waals surface area contributed by atoms with Gasteiger partial charge in [-0.1, -0.05) is 72.8 Å². The van der Waals surface area contributed by atoms with Crippen LogP contribution in [-0.2, 0) is 0 Å². The van der Waals surface area contributed by atoms with Crippen LogP contribution in [0.2, 0.25) is 0 Å². The second-order valence-electron chi connectivity index (χ2n) is 7.55. The summed E-state index contributed by atoms with van der Waals surface area (Å²) in [5.41, 5.74) is 4.23. The van der Waals surface area contributed by atoms with Crippen molar-refractivity contribution in [2.75, 3.05) is 5.32 Å². The van der Waals surface area contributed by atoms with Crippen molar-refractivity contribution in [3.05, 3.63) is 109 Å². The van der Waals surface area contributed by atoms with Gasteiger partial charge < -0.3 is 14.8 Å². The van der Waals surface area contributed by atoms with E-state index in [0.29, 0.717) is 11.5 Å². The smallest absolute Gasteiger partial charge is 0.193 e. The molecule has 0 aromatic heterocycles. The van der Waals surface area contributed by atoms with Crippen molar-refractivity contribution in [1.82, 2.24) is 0 Å². The summed E-state index contributed by atoms with van der Waals surface area (Å²) in [5, 5.41) is 5.72. The van der Waals surface area contributed by atoms with Gasteiger partial charge in [0.2, 0.25) is 0 Å². The molecule has 3 heteroatoms. The molecule has 0 amide bonds. The predicted octanol–water partition coefficient (Wildman–Crippen LogP) is 8.15. The third-order valence-electron chi connectivity index (χ3n) is 5.49. The fourth-order valence-corrected chi connectivity index (χ4v) is 3.92. The summed E-state index contributed by atoms with van der Waals surface area (Å²) in [4.78, 5) is 0. The Hall–Kier alpha value is -4.24. The minimum atomic E-state index is 0.692. The zero-order valence-corrected chi connectivity index (χ0v) is 16.7. The van der Waals surface area contributed by atoms with E-state index in [1.165, 1.54) is 11.1 Å². The molecule has 3 nitrogen and oxygen atoms in total. The quantitative estimate of drug-likeness (QED) is 0.324. The number of fused-ring (bicyclic) bond motifs is 3. The standard InChI is InChI=1S/C28H19NO2/c1-2-7-19(8-3-1)20-13-15-23(16-14-20)29-24-11-6-12-25-28(24)31-27-18-22-10-5-4-9-21(22)17-26(27)30-25/h1-18,29H. The molecule has 1 heterocycles. The lowest BCUT2D eigenvalue weighted by Crippen LogP contribution is -2.02. The lowest BCUT2D eigenvalue weighted by molar-refractivity contribution is 0.362. The maximum absolute atomic E-state index is 6.29. The topological polar surface area (TPSA) is 30.5 Å². The molecule has 0 unspecified atom stereocenters. The number of ether oxygens (including phenoxy) is 2. The number of hydrogen-bond donors (Lipinski definition) is 1. The highest BCUT2D eigenvalue weighted by Gasteiger charge is 2.22. The first kappa shape index (κ1) is 17.6. The monoisotopic (exact) mass is 401 g/mol. The molecule has 0 radical (unpaired) electrons. The van der Waals surface area contributed by atoms with E-state index < -0.39 is 0 Å². The van der Waals surface area contributed by atoms with E-state index in [2.05, 4.69) is 66.0 Å². The van der Waals surface area contributed by atoms with Gasteiger partial charge in [-0.15, -0.1) is 0 Å². The summed E-state index contributed by atoms with van der Waals surface area (Å²) < 4.78 is 12.5. The minimum absolute atomic E-state index is 0.692. The van der Waals surface area contributed by atoms with Gasteiger partial charge in [0.05, 0.1) is 5.69 Å². The van der Waals surface area contributed by atoms with Crippen molar-refractivity contribution in [2.24, 2.45) is 0 Å². The fourth-order valence-electron chi connectivity index (χ4n) is 3.92. The Morgan fingerprint density at radius 2 is 1.13 bits per heavy atom. The van der Waals surface area contributed by atoms with Gasteiger partial charge >= 0.3 is 0 Å². The molecule has 0 atom stereocenters. The Bertz CT molecular complexity index is 1390. The average Bonchev–Trinajstić information content (AvgIpc) is 2.83. The normalized spacial score (nSPS) is 11.7.